The first-order chi connectivity index (χ1) is 31.8. The first kappa shape index (κ1) is 39.5. The molecule has 0 fully saturated rings. The monoisotopic (exact) mass is 852 g/mol. The quantitative estimate of drug-likeness (QED) is 0.101. The maximum Gasteiger partial charge on any atom is 0.0978 e. The Balaban J connectivity index is 1.21. The summed E-state index contributed by atoms with van der Waals surface area (Å²) in [7, 11) is -1.81. The lowest BCUT2D eigenvalue weighted by atomic mass is 9.94. The third kappa shape index (κ3) is 7.63. The van der Waals surface area contributed by atoms with Crippen LogP contribution in [0.25, 0.3) is 66.6 Å². The second kappa shape index (κ2) is 17.8. The SMILES string of the molecule is c1ccc(-c2cc(-c3ccccc3P(c3ccccc3)c3ccccc3)nc3c2ccc2c(-c4ccccc4)cc(-c4ccccc4P(c4ccccc4)c4ccccc4)nc23)cc1. The molecule has 2 nitrogen and oxygen atoms in total. The van der Waals surface area contributed by atoms with Crippen molar-refractivity contribution >= 4 is 69.5 Å². The zero-order valence-electron chi connectivity index (χ0n) is 35.0. The lowest BCUT2D eigenvalue weighted by molar-refractivity contribution is 1.37. The minimum absolute atomic E-state index is 0.886. The molecular weight excluding hydrogens is 811 g/mol. The van der Waals surface area contributed by atoms with Gasteiger partial charge >= 0.3 is 0 Å². The number of hydrogen-bond acceptors (Lipinski definition) is 2. The van der Waals surface area contributed by atoms with E-state index in [1.165, 1.54) is 31.8 Å². The zero-order chi connectivity index (χ0) is 42.7. The topological polar surface area (TPSA) is 25.8 Å². The molecule has 0 saturated carbocycles. The Hall–Kier alpha value is -7.34. The Morgan fingerprint density at radius 3 is 0.859 bits per heavy atom. The van der Waals surface area contributed by atoms with Gasteiger partial charge in [0.25, 0.3) is 0 Å². The Bertz CT molecular complexity index is 3060. The smallest absolute Gasteiger partial charge is 0.0978 e. The van der Waals surface area contributed by atoms with Gasteiger partial charge in [0.15, 0.2) is 0 Å². The summed E-state index contributed by atoms with van der Waals surface area (Å²) in [6.45, 7) is 0. The number of aromatic nitrogens is 2. The molecule has 64 heavy (non-hydrogen) atoms. The molecule has 0 saturated heterocycles. The third-order valence-corrected chi connectivity index (χ3v) is 16.8. The molecule has 0 atom stereocenters. The largest absolute Gasteiger partial charge is 0.245 e. The van der Waals surface area contributed by atoms with Crippen molar-refractivity contribution in [3.8, 4) is 44.8 Å². The van der Waals surface area contributed by atoms with E-state index < -0.39 is 15.8 Å². The minimum atomic E-state index is -0.905. The highest BCUT2D eigenvalue weighted by Crippen LogP contribution is 2.43. The molecule has 0 amide bonds. The van der Waals surface area contributed by atoms with Crippen molar-refractivity contribution in [1.82, 2.24) is 9.97 Å². The van der Waals surface area contributed by atoms with E-state index in [2.05, 4.69) is 255 Å². The van der Waals surface area contributed by atoms with Crippen LogP contribution in [0.2, 0.25) is 0 Å². The van der Waals surface area contributed by atoms with E-state index in [1.807, 2.05) is 0 Å². The van der Waals surface area contributed by atoms with Gasteiger partial charge in [-0.15, -0.1) is 0 Å². The number of fused-ring (bicyclic) bond motifs is 3. The fourth-order valence-electron chi connectivity index (χ4n) is 8.90. The number of hydrogen-bond donors (Lipinski definition) is 0. The lowest BCUT2D eigenvalue weighted by Gasteiger charge is -2.23. The van der Waals surface area contributed by atoms with E-state index in [0.717, 1.165) is 66.6 Å². The number of pyridine rings is 2. The predicted molar refractivity (Wildman–Crippen MR) is 276 cm³/mol. The molecule has 2 aromatic heterocycles. The molecule has 0 bridgehead atoms. The third-order valence-electron chi connectivity index (χ3n) is 11.8. The standard InChI is InChI=1S/C60H42N2P2/c1-7-23-43(24-8-1)53-41-55(51-35-19-21-37-57(51)63(45-27-11-3-12-28-45)46-29-13-4-14-30-46)61-59-49(53)39-40-50-54(44-25-9-2-10-26-44)42-56(62-60(50)59)52-36-20-22-38-58(52)64(47-31-15-5-16-32-47)48-33-17-6-18-34-48/h1-42H. The zero-order valence-corrected chi connectivity index (χ0v) is 36.8. The van der Waals surface area contributed by atoms with Crippen LogP contribution in [-0.4, -0.2) is 9.97 Å². The van der Waals surface area contributed by atoms with Crippen LogP contribution in [0.5, 0.6) is 0 Å². The van der Waals surface area contributed by atoms with Gasteiger partial charge in [0.2, 0.25) is 0 Å². The molecule has 0 N–H and O–H groups in total. The van der Waals surface area contributed by atoms with Gasteiger partial charge in [-0.2, -0.15) is 0 Å². The molecule has 4 heteroatoms. The fourth-order valence-corrected chi connectivity index (χ4v) is 13.8. The summed E-state index contributed by atoms with van der Waals surface area (Å²) in [5.41, 5.74) is 10.4. The van der Waals surface area contributed by atoms with Crippen LogP contribution in [0, 0.1) is 0 Å². The van der Waals surface area contributed by atoms with Crippen molar-refractivity contribution in [2.45, 2.75) is 0 Å². The molecule has 9 aromatic carbocycles. The molecule has 302 valence electrons. The van der Waals surface area contributed by atoms with E-state index in [-0.39, 0.29) is 0 Å². The highest BCUT2D eigenvalue weighted by Gasteiger charge is 2.25. The first-order valence-corrected chi connectivity index (χ1v) is 24.4. The molecule has 0 radical (unpaired) electrons. The van der Waals surface area contributed by atoms with Crippen molar-refractivity contribution in [3.05, 3.63) is 255 Å². The van der Waals surface area contributed by atoms with Gasteiger partial charge in [0.1, 0.15) is 0 Å². The van der Waals surface area contributed by atoms with Gasteiger partial charge < -0.3 is 0 Å². The van der Waals surface area contributed by atoms with Crippen molar-refractivity contribution < 1.29 is 0 Å². The molecule has 11 rings (SSSR count). The summed E-state index contributed by atoms with van der Waals surface area (Å²) in [5, 5.41) is 9.88. The molecule has 0 aliphatic heterocycles. The lowest BCUT2D eigenvalue weighted by Crippen LogP contribution is -2.22. The number of benzene rings is 9. The number of rotatable bonds is 10. The van der Waals surface area contributed by atoms with Gasteiger partial charge in [0, 0.05) is 21.9 Å². The first-order valence-electron chi connectivity index (χ1n) is 21.7. The average Bonchev–Trinajstić information content (AvgIpc) is 3.38. The summed E-state index contributed by atoms with van der Waals surface area (Å²) in [6.07, 6.45) is 0. The minimum Gasteiger partial charge on any atom is -0.245 e. The van der Waals surface area contributed by atoms with Crippen LogP contribution >= 0.6 is 15.8 Å². The maximum atomic E-state index is 5.76. The molecule has 2 heterocycles. The molecular formula is C60H42N2P2. The second-order valence-electron chi connectivity index (χ2n) is 15.7. The van der Waals surface area contributed by atoms with Gasteiger partial charge in [-0.1, -0.05) is 243 Å². The Labute approximate surface area is 377 Å². The van der Waals surface area contributed by atoms with Crippen molar-refractivity contribution in [2.75, 3.05) is 0 Å². The normalized spacial score (nSPS) is 11.4. The molecule has 0 unspecified atom stereocenters. The average molecular weight is 853 g/mol. The van der Waals surface area contributed by atoms with Gasteiger partial charge in [-0.3, -0.25) is 0 Å². The van der Waals surface area contributed by atoms with E-state index >= 15 is 0 Å². The van der Waals surface area contributed by atoms with Crippen LogP contribution in [0.3, 0.4) is 0 Å². The van der Waals surface area contributed by atoms with Crippen LogP contribution < -0.4 is 31.8 Å². The van der Waals surface area contributed by atoms with Crippen molar-refractivity contribution in [2.24, 2.45) is 0 Å². The predicted octanol–water partition coefficient (Wildman–Crippen LogP) is 13.0. The highest BCUT2D eigenvalue weighted by atomic mass is 31.1. The highest BCUT2D eigenvalue weighted by molar-refractivity contribution is 7.80. The van der Waals surface area contributed by atoms with Crippen LogP contribution in [0.1, 0.15) is 0 Å². The van der Waals surface area contributed by atoms with Gasteiger partial charge in [0.05, 0.1) is 22.4 Å². The second-order valence-corrected chi connectivity index (χ2v) is 20.1. The van der Waals surface area contributed by atoms with E-state index in [1.54, 1.807) is 0 Å². The van der Waals surface area contributed by atoms with E-state index in [4.69, 9.17) is 9.97 Å². The molecule has 0 aliphatic carbocycles. The Kier molecular flexibility index (Phi) is 11.0. The number of nitrogens with zero attached hydrogens (tertiary/aromatic N) is 2. The van der Waals surface area contributed by atoms with Crippen molar-refractivity contribution in [1.29, 1.82) is 0 Å². The summed E-state index contributed by atoms with van der Waals surface area (Å²) < 4.78 is 0. The van der Waals surface area contributed by atoms with Crippen molar-refractivity contribution in [3.63, 3.8) is 0 Å². The van der Waals surface area contributed by atoms with Crippen LogP contribution in [-0.2, 0) is 0 Å². The maximum absolute atomic E-state index is 5.76. The molecule has 0 spiro atoms. The van der Waals surface area contributed by atoms with Crippen LogP contribution in [0.15, 0.2) is 255 Å². The summed E-state index contributed by atoms with van der Waals surface area (Å²) in [5.74, 6) is 0. The Morgan fingerprint density at radius 1 is 0.250 bits per heavy atom. The van der Waals surface area contributed by atoms with Gasteiger partial charge in [-0.05, 0) is 82.1 Å². The van der Waals surface area contributed by atoms with E-state index in [9.17, 15) is 0 Å². The molecule has 11 aromatic rings. The summed E-state index contributed by atoms with van der Waals surface area (Å²) in [6, 6.07) is 92.1. The summed E-state index contributed by atoms with van der Waals surface area (Å²) in [4.78, 5) is 11.5. The fraction of sp³-hybridized carbons (Fsp3) is 0. The van der Waals surface area contributed by atoms with Gasteiger partial charge in [-0.25, -0.2) is 9.97 Å². The van der Waals surface area contributed by atoms with E-state index in [0.29, 0.717) is 0 Å². The Morgan fingerprint density at radius 2 is 0.531 bits per heavy atom. The van der Waals surface area contributed by atoms with Crippen LogP contribution in [0.4, 0.5) is 0 Å². The summed E-state index contributed by atoms with van der Waals surface area (Å²) >= 11 is 0. The molecule has 0 aliphatic rings.